The maximum Gasteiger partial charge on any atom is 0.223 e. The molecule has 3 rings (SSSR count). The van der Waals surface area contributed by atoms with E-state index in [1.54, 1.807) is 7.11 Å². The van der Waals surface area contributed by atoms with E-state index in [4.69, 9.17) is 9.47 Å². The molecule has 0 spiro atoms. The van der Waals surface area contributed by atoms with E-state index < -0.39 is 0 Å². The molecular formula is C18H25NO3. The Bertz CT molecular complexity index is 490. The van der Waals surface area contributed by atoms with Gasteiger partial charge in [0.05, 0.1) is 24.9 Å². The summed E-state index contributed by atoms with van der Waals surface area (Å²) in [5.74, 6) is 0.269. The molecule has 0 radical (unpaired) electrons. The van der Waals surface area contributed by atoms with E-state index in [1.807, 2.05) is 18.2 Å². The number of fused-ring (bicyclic) bond motifs is 1. The third-order valence-corrected chi connectivity index (χ3v) is 4.78. The third kappa shape index (κ3) is 3.50. The molecule has 22 heavy (non-hydrogen) atoms. The highest BCUT2D eigenvalue weighted by molar-refractivity contribution is 5.77. The van der Waals surface area contributed by atoms with E-state index in [9.17, 15) is 4.79 Å². The molecule has 2 unspecified atom stereocenters. The molecule has 0 aliphatic carbocycles. The number of carbonyl (C=O) groups is 1. The summed E-state index contributed by atoms with van der Waals surface area (Å²) < 4.78 is 11.3. The number of rotatable bonds is 5. The lowest BCUT2D eigenvalue weighted by Gasteiger charge is -2.35. The van der Waals surface area contributed by atoms with Crippen LogP contribution in [0.15, 0.2) is 30.3 Å². The zero-order chi connectivity index (χ0) is 15.4. The standard InChI is InChI=1S/C18H25NO3/c1-21-13-15-8-9-16-17(22-15)11-12-19(16)18(20)10-7-14-5-3-2-4-6-14/h2-6,15-17H,7-13H2,1H3/t15-,16?,17?/m1/s1. The normalized spacial score (nSPS) is 27.7. The molecule has 120 valence electrons. The van der Waals surface area contributed by atoms with Gasteiger partial charge in [0, 0.05) is 20.1 Å². The summed E-state index contributed by atoms with van der Waals surface area (Å²) in [6.45, 7) is 1.49. The molecule has 2 fully saturated rings. The average molecular weight is 303 g/mol. The number of benzene rings is 1. The first-order valence-corrected chi connectivity index (χ1v) is 8.25. The van der Waals surface area contributed by atoms with Crippen molar-refractivity contribution in [1.82, 2.24) is 4.90 Å². The van der Waals surface area contributed by atoms with Crippen molar-refractivity contribution in [3.05, 3.63) is 35.9 Å². The highest BCUT2D eigenvalue weighted by atomic mass is 16.5. The number of nitrogens with zero attached hydrogens (tertiary/aromatic N) is 1. The number of ether oxygens (including phenoxy) is 2. The molecule has 2 heterocycles. The summed E-state index contributed by atoms with van der Waals surface area (Å²) in [6.07, 6.45) is 4.80. The van der Waals surface area contributed by atoms with Crippen LogP contribution in [0.4, 0.5) is 0 Å². The van der Waals surface area contributed by atoms with E-state index in [-0.39, 0.29) is 24.2 Å². The van der Waals surface area contributed by atoms with Crippen LogP contribution in [0.2, 0.25) is 0 Å². The Morgan fingerprint density at radius 1 is 1.27 bits per heavy atom. The second-order valence-electron chi connectivity index (χ2n) is 6.26. The predicted molar refractivity (Wildman–Crippen MR) is 84.7 cm³/mol. The van der Waals surface area contributed by atoms with E-state index in [0.717, 1.165) is 32.2 Å². The lowest BCUT2D eigenvalue weighted by molar-refractivity contribution is -0.138. The number of methoxy groups -OCH3 is 1. The Balaban J connectivity index is 1.52. The van der Waals surface area contributed by atoms with Gasteiger partial charge in [-0.25, -0.2) is 0 Å². The smallest absolute Gasteiger partial charge is 0.223 e. The molecule has 2 aliphatic heterocycles. The largest absolute Gasteiger partial charge is 0.382 e. The molecule has 0 saturated carbocycles. The highest BCUT2D eigenvalue weighted by Crippen LogP contribution is 2.32. The number of likely N-dealkylation sites (tertiary alicyclic amines) is 1. The van der Waals surface area contributed by atoms with E-state index >= 15 is 0 Å². The van der Waals surface area contributed by atoms with Gasteiger partial charge in [0.25, 0.3) is 0 Å². The molecule has 2 aliphatic rings. The quantitative estimate of drug-likeness (QED) is 0.838. The van der Waals surface area contributed by atoms with Gasteiger partial charge in [-0.3, -0.25) is 4.79 Å². The lowest BCUT2D eigenvalue weighted by Crippen LogP contribution is -2.45. The van der Waals surface area contributed by atoms with Gasteiger partial charge in [0.1, 0.15) is 0 Å². The van der Waals surface area contributed by atoms with Gasteiger partial charge >= 0.3 is 0 Å². The molecule has 0 bridgehead atoms. The van der Waals surface area contributed by atoms with Crippen molar-refractivity contribution in [2.75, 3.05) is 20.3 Å². The summed E-state index contributed by atoms with van der Waals surface area (Å²) in [5.41, 5.74) is 1.23. The minimum Gasteiger partial charge on any atom is -0.382 e. The molecule has 3 atom stereocenters. The fourth-order valence-corrected chi connectivity index (χ4v) is 3.66. The van der Waals surface area contributed by atoms with Crippen molar-refractivity contribution in [3.8, 4) is 0 Å². The van der Waals surface area contributed by atoms with Gasteiger partial charge in [-0.15, -0.1) is 0 Å². The molecule has 1 amide bonds. The second kappa shape index (κ2) is 7.25. The Kier molecular flexibility index (Phi) is 5.11. The van der Waals surface area contributed by atoms with Crippen molar-refractivity contribution in [2.45, 2.75) is 50.4 Å². The molecule has 4 nitrogen and oxygen atoms in total. The molecule has 2 saturated heterocycles. The van der Waals surface area contributed by atoms with Gasteiger partial charge < -0.3 is 14.4 Å². The molecule has 0 N–H and O–H groups in total. The van der Waals surface area contributed by atoms with Crippen molar-refractivity contribution in [3.63, 3.8) is 0 Å². The summed E-state index contributed by atoms with van der Waals surface area (Å²) >= 11 is 0. The molecule has 0 aromatic heterocycles. The van der Waals surface area contributed by atoms with Crippen LogP contribution in [0.3, 0.4) is 0 Å². The maximum absolute atomic E-state index is 12.5. The van der Waals surface area contributed by atoms with Crippen LogP contribution in [-0.4, -0.2) is 49.3 Å². The van der Waals surface area contributed by atoms with Crippen LogP contribution in [0, 0.1) is 0 Å². The summed E-state index contributed by atoms with van der Waals surface area (Å²) in [6, 6.07) is 10.5. The zero-order valence-corrected chi connectivity index (χ0v) is 13.2. The Morgan fingerprint density at radius 3 is 2.86 bits per heavy atom. The number of carbonyl (C=O) groups excluding carboxylic acids is 1. The molecule has 1 aromatic carbocycles. The van der Waals surface area contributed by atoms with Gasteiger partial charge in [-0.1, -0.05) is 30.3 Å². The van der Waals surface area contributed by atoms with E-state index in [0.29, 0.717) is 13.0 Å². The van der Waals surface area contributed by atoms with Crippen molar-refractivity contribution in [1.29, 1.82) is 0 Å². The number of hydrogen-bond acceptors (Lipinski definition) is 3. The average Bonchev–Trinajstić information content (AvgIpc) is 2.97. The first-order chi connectivity index (χ1) is 10.8. The maximum atomic E-state index is 12.5. The zero-order valence-electron chi connectivity index (χ0n) is 13.2. The number of aryl methyl sites for hydroxylation is 1. The van der Waals surface area contributed by atoms with E-state index in [2.05, 4.69) is 17.0 Å². The fraction of sp³-hybridized carbons (Fsp3) is 0.611. The van der Waals surface area contributed by atoms with Crippen LogP contribution in [0.1, 0.15) is 31.2 Å². The second-order valence-corrected chi connectivity index (χ2v) is 6.26. The number of amides is 1. The SMILES string of the molecule is COC[C@H]1CCC2C(CCN2C(=O)CCc2ccccc2)O1. The van der Waals surface area contributed by atoms with Crippen LogP contribution in [0.5, 0.6) is 0 Å². The summed E-state index contributed by atoms with van der Waals surface area (Å²) in [7, 11) is 1.71. The van der Waals surface area contributed by atoms with Gasteiger partial charge in [-0.05, 0) is 31.2 Å². The van der Waals surface area contributed by atoms with Gasteiger partial charge in [0.15, 0.2) is 0 Å². The van der Waals surface area contributed by atoms with Gasteiger partial charge in [-0.2, -0.15) is 0 Å². The lowest BCUT2D eigenvalue weighted by atomic mass is 9.99. The predicted octanol–water partition coefficient (Wildman–Crippen LogP) is 2.41. The van der Waals surface area contributed by atoms with E-state index in [1.165, 1.54) is 5.56 Å². The topological polar surface area (TPSA) is 38.8 Å². The summed E-state index contributed by atoms with van der Waals surface area (Å²) in [5, 5.41) is 0. The summed E-state index contributed by atoms with van der Waals surface area (Å²) in [4.78, 5) is 14.6. The molecular weight excluding hydrogens is 278 g/mol. The number of hydrogen-bond donors (Lipinski definition) is 0. The van der Waals surface area contributed by atoms with Crippen molar-refractivity contribution < 1.29 is 14.3 Å². The molecule has 4 heteroatoms. The Morgan fingerprint density at radius 2 is 2.09 bits per heavy atom. The Labute approximate surface area is 132 Å². The third-order valence-electron chi connectivity index (χ3n) is 4.78. The minimum absolute atomic E-state index is 0.200. The molecule has 1 aromatic rings. The first-order valence-electron chi connectivity index (χ1n) is 8.25. The van der Waals surface area contributed by atoms with Gasteiger partial charge in [0.2, 0.25) is 5.91 Å². The van der Waals surface area contributed by atoms with Crippen LogP contribution < -0.4 is 0 Å². The van der Waals surface area contributed by atoms with Crippen LogP contribution in [0.25, 0.3) is 0 Å². The fourth-order valence-electron chi connectivity index (χ4n) is 3.66. The van der Waals surface area contributed by atoms with Crippen molar-refractivity contribution in [2.24, 2.45) is 0 Å². The minimum atomic E-state index is 0.200. The van der Waals surface area contributed by atoms with Crippen molar-refractivity contribution >= 4 is 5.91 Å². The van der Waals surface area contributed by atoms with Crippen LogP contribution >= 0.6 is 0 Å². The first kappa shape index (κ1) is 15.5. The van der Waals surface area contributed by atoms with Crippen LogP contribution in [-0.2, 0) is 20.7 Å². The highest BCUT2D eigenvalue weighted by Gasteiger charge is 2.41. The monoisotopic (exact) mass is 303 g/mol. The Hall–Kier alpha value is -1.39.